The van der Waals surface area contributed by atoms with Gasteiger partial charge in [-0.15, -0.1) is 0 Å². The van der Waals surface area contributed by atoms with Crippen molar-refractivity contribution in [1.29, 1.82) is 0 Å². The van der Waals surface area contributed by atoms with Crippen LogP contribution in [-0.4, -0.2) is 16.2 Å². The first kappa shape index (κ1) is 8.93. The summed E-state index contributed by atoms with van der Waals surface area (Å²) in [5.74, 6) is 0.131. The minimum absolute atomic E-state index is 0.131. The van der Waals surface area contributed by atoms with E-state index < -0.39 is 6.61 Å². The summed E-state index contributed by atoms with van der Waals surface area (Å²) in [6.07, 6.45) is 1.62. The van der Waals surface area contributed by atoms with Crippen LogP contribution in [-0.2, 0) is 7.05 Å². The number of alkyl halides is 2. The molecule has 0 bridgehead atoms. The quantitative estimate of drug-likeness (QED) is 0.739. The van der Waals surface area contributed by atoms with Crippen LogP contribution < -0.4 is 4.74 Å². The van der Waals surface area contributed by atoms with Crippen LogP contribution in [0.2, 0.25) is 0 Å². The van der Waals surface area contributed by atoms with E-state index in [0.717, 1.165) is 5.52 Å². The van der Waals surface area contributed by atoms with Crippen molar-refractivity contribution >= 4 is 11.0 Å². The Hall–Kier alpha value is -1.65. The Morgan fingerprint density at radius 3 is 2.93 bits per heavy atom. The van der Waals surface area contributed by atoms with Crippen molar-refractivity contribution in [2.75, 3.05) is 0 Å². The molecule has 0 saturated carbocycles. The summed E-state index contributed by atoms with van der Waals surface area (Å²) in [5, 5.41) is 0. The summed E-state index contributed by atoms with van der Waals surface area (Å²) in [7, 11) is 1.84. The molecule has 2 aromatic rings. The first-order valence-electron chi connectivity index (χ1n) is 4.03. The summed E-state index contributed by atoms with van der Waals surface area (Å²) >= 11 is 0. The number of hydrogen-bond donors (Lipinski definition) is 0. The van der Waals surface area contributed by atoms with Gasteiger partial charge < -0.3 is 9.30 Å². The highest BCUT2D eigenvalue weighted by molar-refractivity contribution is 5.76. The van der Waals surface area contributed by atoms with E-state index in [1.807, 2.05) is 11.6 Å². The molecule has 1 aromatic carbocycles. The second-order valence-corrected chi connectivity index (χ2v) is 2.88. The molecule has 0 unspecified atom stereocenters. The zero-order chi connectivity index (χ0) is 10.1. The average Bonchev–Trinajstić information content (AvgIpc) is 2.46. The molecule has 2 rings (SSSR count). The van der Waals surface area contributed by atoms with Crippen LogP contribution in [0.5, 0.6) is 5.75 Å². The molecular weight excluding hydrogens is 190 g/mol. The highest BCUT2D eigenvalue weighted by Gasteiger charge is 2.06. The average molecular weight is 198 g/mol. The third-order valence-corrected chi connectivity index (χ3v) is 1.92. The normalized spacial score (nSPS) is 11.1. The first-order chi connectivity index (χ1) is 6.66. The summed E-state index contributed by atoms with van der Waals surface area (Å²) < 4.78 is 29.8. The van der Waals surface area contributed by atoms with Gasteiger partial charge in [-0.1, -0.05) is 0 Å². The monoisotopic (exact) mass is 198 g/mol. The molecule has 0 aliphatic heterocycles. The number of aryl methyl sites for hydroxylation is 1. The van der Waals surface area contributed by atoms with Crippen molar-refractivity contribution in [2.24, 2.45) is 7.05 Å². The van der Waals surface area contributed by atoms with E-state index in [2.05, 4.69) is 9.72 Å². The molecule has 0 N–H and O–H groups in total. The number of imidazole rings is 1. The Morgan fingerprint density at radius 1 is 1.43 bits per heavy atom. The van der Waals surface area contributed by atoms with Crippen LogP contribution >= 0.6 is 0 Å². The summed E-state index contributed by atoms with van der Waals surface area (Å²) in [4.78, 5) is 4.02. The van der Waals surface area contributed by atoms with Crippen LogP contribution in [0.4, 0.5) is 8.78 Å². The highest BCUT2D eigenvalue weighted by Crippen LogP contribution is 2.20. The van der Waals surface area contributed by atoms with E-state index in [-0.39, 0.29) is 5.75 Å². The number of benzene rings is 1. The van der Waals surface area contributed by atoms with E-state index in [4.69, 9.17) is 0 Å². The molecule has 3 nitrogen and oxygen atoms in total. The van der Waals surface area contributed by atoms with Gasteiger partial charge in [0.1, 0.15) is 5.75 Å². The molecule has 0 fully saturated rings. The maximum absolute atomic E-state index is 11.9. The predicted octanol–water partition coefficient (Wildman–Crippen LogP) is 2.17. The predicted molar refractivity (Wildman–Crippen MR) is 47.3 cm³/mol. The van der Waals surface area contributed by atoms with Gasteiger partial charge in [-0.2, -0.15) is 8.78 Å². The Bertz CT molecular complexity index is 453. The summed E-state index contributed by atoms with van der Waals surface area (Å²) in [5.41, 5.74) is 1.53. The SMILES string of the molecule is Cn1cnc2cc(OC(F)F)ccc21. The van der Waals surface area contributed by atoms with Crippen molar-refractivity contribution in [3.63, 3.8) is 0 Å². The van der Waals surface area contributed by atoms with E-state index >= 15 is 0 Å². The highest BCUT2D eigenvalue weighted by atomic mass is 19.3. The molecule has 1 aromatic heterocycles. The van der Waals surface area contributed by atoms with Gasteiger partial charge in [0.15, 0.2) is 0 Å². The fraction of sp³-hybridized carbons (Fsp3) is 0.222. The molecule has 0 radical (unpaired) electrons. The van der Waals surface area contributed by atoms with Crippen LogP contribution in [0.15, 0.2) is 24.5 Å². The smallest absolute Gasteiger partial charge is 0.387 e. The standard InChI is InChI=1S/C9H8F2N2O/c1-13-5-12-7-4-6(14-9(10)11)2-3-8(7)13/h2-5,9H,1H3. The third-order valence-electron chi connectivity index (χ3n) is 1.92. The van der Waals surface area contributed by atoms with Crippen molar-refractivity contribution in [1.82, 2.24) is 9.55 Å². The van der Waals surface area contributed by atoms with E-state index in [0.29, 0.717) is 5.52 Å². The van der Waals surface area contributed by atoms with Crippen molar-refractivity contribution in [3.05, 3.63) is 24.5 Å². The minimum atomic E-state index is -2.80. The number of fused-ring (bicyclic) bond motifs is 1. The molecule has 0 spiro atoms. The second kappa shape index (κ2) is 3.25. The van der Waals surface area contributed by atoms with Gasteiger partial charge >= 0.3 is 6.61 Å². The third kappa shape index (κ3) is 1.53. The molecule has 0 aliphatic carbocycles. The second-order valence-electron chi connectivity index (χ2n) is 2.88. The van der Waals surface area contributed by atoms with E-state index in [1.165, 1.54) is 12.1 Å². The topological polar surface area (TPSA) is 27.1 Å². The van der Waals surface area contributed by atoms with Gasteiger partial charge in [-0.3, -0.25) is 0 Å². The van der Waals surface area contributed by atoms with Crippen molar-refractivity contribution in [2.45, 2.75) is 6.61 Å². The molecular formula is C9H8F2N2O. The van der Waals surface area contributed by atoms with Crippen LogP contribution in [0.25, 0.3) is 11.0 Å². The lowest BCUT2D eigenvalue weighted by atomic mass is 10.3. The molecule has 14 heavy (non-hydrogen) atoms. The van der Waals surface area contributed by atoms with Gasteiger partial charge in [0.25, 0.3) is 0 Å². The Balaban J connectivity index is 2.42. The maximum atomic E-state index is 11.9. The zero-order valence-electron chi connectivity index (χ0n) is 7.45. The molecule has 0 saturated heterocycles. The van der Waals surface area contributed by atoms with Crippen LogP contribution in [0.1, 0.15) is 0 Å². The molecule has 5 heteroatoms. The Labute approximate surface area is 78.9 Å². The molecule has 74 valence electrons. The number of aromatic nitrogens is 2. The lowest BCUT2D eigenvalue weighted by Gasteiger charge is -2.03. The maximum Gasteiger partial charge on any atom is 0.387 e. The lowest BCUT2D eigenvalue weighted by molar-refractivity contribution is -0.0497. The largest absolute Gasteiger partial charge is 0.435 e. The summed E-state index contributed by atoms with van der Waals surface area (Å²) in [6, 6.07) is 4.68. The van der Waals surface area contributed by atoms with Crippen LogP contribution in [0, 0.1) is 0 Å². The number of halogens is 2. The zero-order valence-corrected chi connectivity index (χ0v) is 7.45. The Morgan fingerprint density at radius 2 is 2.21 bits per heavy atom. The summed E-state index contributed by atoms with van der Waals surface area (Å²) in [6.45, 7) is -2.80. The fourth-order valence-corrected chi connectivity index (χ4v) is 1.29. The number of rotatable bonds is 2. The first-order valence-corrected chi connectivity index (χ1v) is 4.03. The number of ether oxygens (including phenoxy) is 1. The van der Waals surface area contributed by atoms with Gasteiger partial charge in [0.05, 0.1) is 17.4 Å². The minimum Gasteiger partial charge on any atom is -0.435 e. The fourth-order valence-electron chi connectivity index (χ4n) is 1.29. The molecule has 0 amide bonds. The Kier molecular flexibility index (Phi) is 2.07. The lowest BCUT2D eigenvalue weighted by Crippen LogP contribution is -2.01. The van der Waals surface area contributed by atoms with Gasteiger partial charge in [0.2, 0.25) is 0 Å². The van der Waals surface area contributed by atoms with Crippen molar-refractivity contribution in [3.8, 4) is 5.75 Å². The van der Waals surface area contributed by atoms with Crippen LogP contribution in [0.3, 0.4) is 0 Å². The van der Waals surface area contributed by atoms with E-state index in [1.54, 1.807) is 12.4 Å². The number of nitrogens with zero attached hydrogens (tertiary/aromatic N) is 2. The van der Waals surface area contributed by atoms with Crippen molar-refractivity contribution < 1.29 is 13.5 Å². The van der Waals surface area contributed by atoms with Gasteiger partial charge in [-0.05, 0) is 12.1 Å². The molecule has 0 atom stereocenters. The molecule has 1 heterocycles. The van der Waals surface area contributed by atoms with E-state index in [9.17, 15) is 8.78 Å². The molecule has 0 aliphatic rings. The van der Waals surface area contributed by atoms with Gasteiger partial charge in [-0.25, -0.2) is 4.98 Å². The van der Waals surface area contributed by atoms with Gasteiger partial charge in [0, 0.05) is 13.1 Å². The number of hydrogen-bond acceptors (Lipinski definition) is 2.